The van der Waals surface area contributed by atoms with Crippen molar-refractivity contribution in [3.63, 3.8) is 0 Å². The molecule has 2 N–H and O–H groups in total. The molecular formula is C23H24N6. The van der Waals surface area contributed by atoms with Gasteiger partial charge in [-0.15, -0.1) is 0 Å². The average Bonchev–Trinajstić information content (AvgIpc) is 3.19. The highest BCUT2D eigenvalue weighted by molar-refractivity contribution is 5.94. The van der Waals surface area contributed by atoms with Crippen molar-refractivity contribution in [2.45, 2.75) is 0 Å². The van der Waals surface area contributed by atoms with Crippen molar-refractivity contribution >= 4 is 28.2 Å². The van der Waals surface area contributed by atoms with Gasteiger partial charge in [0.1, 0.15) is 0 Å². The van der Waals surface area contributed by atoms with Gasteiger partial charge in [0.05, 0.1) is 17.1 Å². The second-order valence-corrected chi connectivity index (χ2v) is 7.45. The first-order valence-electron chi connectivity index (χ1n) is 9.97. The van der Waals surface area contributed by atoms with Crippen LogP contribution in [0.4, 0.5) is 17.3 Å². The number of fused-ring (bicyclic) bond motifs is 1. The van der Waals surface area contributed by atoms with E-state index < -0.39 is 0 Å². The smallest absolute Gasteiger partial charge is 0.227 e. The number of para-hydroxylation sites is 3. The highest BCUT2D eigenvalue weighted by Crippen LogP contribution is 2.30. The van der Waals surface area contributed by atoms with E-state index in [-0.39, 0.29) is 0 Å². The lowest BCUT2D eigenvalue weighted by molar-refractivity contribution is 0.313. The Balaban J connectivity index is 1.44. The minimum absolute atomic E-state index is 0.606. The van der Waals surface area contributed by atoms with Crippen molar-refractivity contribution in [3.8, 4) is 11.3 Å². The molecule has 2 aromatic carbocycles. The molecule has 0 amide bonds. The first-order valence-corrected chi connectivity index (χ1v) is 9.97. The molecule has 1 aliphatic heterocycles. The van der Waals surface area contributed by atoms with Crippen LogP contribution in [0.15, 0.2) is 67.0 Å². The largest absolute Gasteiger partial charge is 0.367 e. The Labute approximate surface area is 170 Å². The van der Waals surface area contributed by atoms with E-state index in [0.29, 0.717) is 5.95 Å². The average molecular weight is 384 g/mol. The maximum Gasteiger partial charge on any atom is 0.227 e. The summed E-state index contributed by atoms with van der Waals surface area (Å²) in [5.41, 5.74) is 5.32. The molecule has 1 aliphatic rings. The maximum absolute atomic E-state index is 4.79. The lowest BCUT2D eigenvalue weighted by atomic mass is 10.1. The number of piperazine rings is 1. The van der Waals surface area contributed by atoms with Gasteiger partial charge in [-0.2, -0.15) is 0 Å². The van der Waals surface area contributed by atoms with Gasteiger partial charge in [-0.1, -0.05) is 30.3 Å². The lowest BCUT2D eigenvalue weighted by Crippen LogP contribution is -2.44. The van der Waals surface area contributed by atoms with Gasteiger partial charge in [0, 0.05) is 55.0 Å². The molecule has 1 fully saturated rings. The number of nitrogens with one attached hydrogen (secondary N) is 2. The van der Waals surface area contributed by atoms with Gasteiger partial charge in [-0.05, 0) is 31.3 Å². The molecule has 0 radical (unpaired) electrons. The van der Waals surface area contributed by atoms with E-state index >= 15 is 0 Å². The number of benzene rings is 2. The second kappa shape index (κ2) is 7.56. The predicted molar refractivity (Wildman–Crippen MR) is 119 cm³/mol. The number of likely N-dealkylation sites (N-methyl/N-ethyl adjacent to an activating group) is 1. The molecule has 0 saturated carbocycles. The van der Waals surface area contributed by atoms with Gasteiger partial charge >= 0.3 is 0 Å². The van der Waals surface area contributed by atoms with Gasteiger partial charge < -0.3 is 20.1 Å². The van der Waals surface area contributed by atoms with Crippen molar-refractivity contribution in [3.05, 3.63) is 67.0 Å². The first kappa shape index (κ1) is 17.7. The van der Waals surface area contributed by atoms with Crippen molar-refractivity contribution in [1.29, 1.82) is 0 Å². The molecule has 1 saturated heterocycles. The van der Waals surface area contributed by atoms with Crippen LogP contribution in [0.1, 0.15) is 0 Å². The van der Waals surface area contributed by atoms with Crippen molar-refractivity contribution in [2.75, 3.05) is 43.4 Å². The lowest BCUT2D eigenvalue weighted by Gasteiger charge is -2.35. The second-order valence-electron chi connectivity index (χ2n) is 7.45. The summed E-state index contributed by atoms with van der Waals surface area (Å²) in [6.07, 6.45) is 3.82. The maximum atomic E-state index is 4.79. The SMILES string of the molecule is CN1CCN(c2ccccc2Nc2nccc(-c3c[nH]c4ccccc34)n2)CC1. The van der Waals surface area contributed by atoms with Gasteiger partial charge in [0.15, 0.2) is 0 Å². The Hall–Kier alpha value is -3.38. The topological polar surface area (TPSA) is 60.1 Å². The van der Waals surface area contributed by atoms with E-state index in [1.54, 1.807) is 0 Å². The Morgan fingerprint density at radius 1 is 0.931 bits per heavy atom. The van der Waals surface area contributed by atoms with Gasteiger partial charge in [-0.3, -0.25) is 0 Å². The summed E-state index contributed by atoms with van der Waals surface area (Å²) in [5, 5.41) is 4.61. The molecule has 5 rings (SSSR count). The molecule has 146 valence electrons. The van der Waals surface area contributed by atoms with Gasteiger partial charge in [0.25, 0.3) is 0 Å². The fourth-order valence-corrected chi connectivity index (χ4v) is 3.88. The molecule has 2 aromatic heterocycles. The van der Waals surface area contributed by atoms with Crippen LogP contribution < -0.4 is 10.2 Å². The number of aromatic nitrogens is 3. The molecule has 3 heterocycles. The highest BCUT2D eigenvalue weighted by atomic mass is 15.3. The van der Waals surface area contributed by atoms with E-state index in [1.165, 1.54) is 5.69 Å². The molecule has 4 aromatic rings. The summed E-state index contributed by atoms with van der Waals surface area (Å²) in [6.45, 7) is 4.18. The van der Waals surface area contributed by atoms with Crippen LogP contribution in [0.25, 0.3) is 22.2 Å². The third kappa shape index (κ3) is 3.54. The third-order valence-electron chi connectivity index (χ3n) is 5.52. The summed E-state index contributed by atoms with van der Waals surface area (Å²) in [5.74, 6) is 0.606. The van der Waals surface area contributed by atoms with Crippen LogP contribution in [0.3, 0.4) is 0 Å². The van der Waals surface area contributed by atoms with E-state index in [0.717, 1.165) is 54.0 Å². The summed E-state index contributed by atoms with van der Waals surface area (Å²) in [4.78, 5) is 17.4. The quantitative estimate of drug-likeness (QED) is 0.554. The zero-order valence-corrected chi connectivity index (χ0v) is 16.5. The summed E-state index contributed by atoms with van der Waals surface area (Å²) in [7, 11) is 2.17. The Morgan fingerprint density at radius 2 is 1.72 bits per heavy atom. The molecule has 0 unspecified atom stereocenters. The molecule has 0 aliphatic carbocycles. The fourth-order valence-electron chi connectivity index (χ4n) is 3.88. The van der Waals surface area contributed by atoms with Gasteiger partial charge in [0.2, 0.25) is 5.95 Å². The first-order chi connectivity index (χ1) is 14.3. The fraction of sp³-hybridized carbons (Fsp3) is 0.217. The minimum atomic E-state index is 0.606. The molecule has 0 bridgehead atoms. The molecule has 29 heavy (non-hydrogen) atoms. The van der Waals surface area contributed by atoms with Crippen LogP contribution in [0, 0.1) is 0 Å². The minimum Gasteiger partial charge on any atom is -0.367 e. The number of rotatable bonds is 4. The summed E-state index contributed by atoms with van der Waals surface area (Å²) < 4.78 is 0. The van der Waals surface area contributed by atoms with E-state index in [1.807, 2.05) is 36.7 Å². The zero-order valence-electron chi connectivity index (χ0n) is 16.5. The number of hydrogen-bond acceptors (Lipinski definition) is 5. The number of H-pyrrole nitrogens is 1. The number of aromatic amines is 1. The summed E-state index contributed by atoms with van der Waals surface area (Å²) in [6, 6.07) is 18.6. The number of anilines is 3. The zero-order chi connectivity index (χ0) is 19.6. The van der Waals surface area contributed by atoms with Crippen LogP contribution >= 0.6 is 0 Å². The highest BCUT2D eigenvalue weighted by Gasteiger charge is 2.17. The van der Waals surface area contributed by atoms with Crippen LogP contribution in [0.2, 0.25) is 0 Å². The Kier molecular flexibility index (Phi) is 4.62. The van der Waals surface area contributed by atoms with Crippen molar-refractivity contribution in [2.24, 2.45) is 0 Å². The Morgan fingerprint density at radius 3 is 2.62 bits per heavy atom. The molecule has 0 atom stereocenters. The van der Waals surface area contributed by atoms with Crippen molar-refractivity contribution in [1.82, 2.24) is 19.9 Å². The number of nitrogens with zero attached hydrogens (tertiary/aromatic N) is 4. The standard InChI is InChI=1S/C23H24N6/c1-28-12-14-29(15-13-28)22-9-5-4-8-21(22)27-23-24-11-10-20(26-23)18-16-25-19-7-3-2-6-17(18)19/h2-11,16,25H,12-15H2,1H3,(H,24,26,27). The van der Waals surface area contributed by atoms with Crippen LogP contribution in [-0.4, -0.2) is 53.1 Å². The third-order valence-corrected chi connectivity index (χ3v) is 5.52. The Bertz CT molecular complexity index is 1130. The summed E-state index contributed by atoms with van der Waals surface area (Å²) >= 11 is 0. The molecule has 6 nitrogen and oxygen atoms in total. The molecule has 6 heteroatoms. The van der Waals surface area contributed by atoms with E-state index in [9.17, 15) is 0 Å². The molecule has 0 spiro atoms. The normalized spacial score (nSPS) is 15.0. The monoisotopic (exact) mass is 384 g/mol. The van der Waals surface area contributed by atoms with Crippen LogP contribution in [-0.2, 0) is 0 Å². The van der Waals surface area contributed by atoms with E-state index in [2.05, 4.69) is 62.5 Å². The van der Waals surface area contributed by atoms with Gasteiger partial charge in [-0.25, -0.2) is 9.97 Å². The molecular weight excluding hydrogens is 360 g/mol. The van der Waals surface area contributed by atoms with Crippen LogP contribution in [0.5, 0.6) is 0 Å². The predicted octanol–water partition coefficient (Wildman–Crippen LogP) is 4.12. The number of hydrogen-bond donors (Lipinski definition) is 2. The van der Waals surface area contributed by atoms with E-state index in [4.69, 9.17) is 4.98 Å². The van der Waals surface area contributed by atoms with Crippen molar-refractivity contribution < 1.29 is 0 Å².